The number of hydrogen-bond donors (Lipinski definition) is 2. The Bertz CT molecular complexity index is 672. The van der Waals surface area contributed by atoms with E-state index in [0.29, 0.717) is 6.42 Å². The summed E-state index contributed by atoms with van der Waals surface area (Å²) in [6, 6.07) is 6.89. The van der Waals surface area contributed by atoms with Crippen LogP contribution >= 0.6 is 0 Å². The van der Waals surface area contributed by atoms with Crippen molar-refractivity contribution in [3.8, 4) is 5.75 Å². The van der Waals surface area contributed by atoms with Gasteiger partial charge in [-0.05, 0) is 50.3 Å². The number of aliphatic hydroxyl groups excluding tert-OH is 1. The van der Waals surface area contributed by atoms with Crippen molar-refractivity contribution in [3.63, 3.8) is 0 Å². The van der Waals surface area contributed by atoms with E-state index in [0.717, 1.165) is 5.56 Å². The van der Waals surface area contributed by atoms with Crippen molar-refractivity contribution in [1.82, 2.24) is 0 Å². The molecule has 27 heavy (non-hydrogen) atoms. The summed E-state index contributed by atoms with van der Waals surface area (Å²) in [5, 5.41) is 19.3. The first-order valence-corrected chi connectivity index (χ1v) is 8.82. The van der Waals surface area contributed by atoms with Crippen molar-refractivity contribution in [2.75, 3.05) is 13.2 Å². The average molecular weight is 378 g/mol. The van der Waals surface area contributed by atoms with Crippen LogP contribution in [0.3, 0.4) is 0 Å². The number of hydrogen-bond acceptors (Lipinski definition) is 6. The number of aromatic hydroxyl groups is 1. The second-order valence-electron chi connectivity index (χ2n) is 8.12. The van der Waals surface area contributed by atoms with Crippen LogP contribution in [-0.4, -0.2) is 41.5 Å². The summed E-state index contributed by atoms with van der Waals surface area (Å²) in [6.07, 6.45) is -0.595. The fourth-order valence-corrected chi connectivity index (χ4v) is 2.90. The average Bonchev–Trinajstić information content (AvgIpc) is 2.56. The fraction of sp³-hybridized carbons (Fsp3) is 0.524. The summed E-state index contributed by atoms with van der Waals surface area (Å²) in [4.78, 5) is 23.8. The summed E-state index contributed by atoms with van der Waals surface area (Å²) < 4.78 is 10.1. The van der Waals surface area contributed by atoms with Crippen molar-refractivity contribution >= 4 is 11.9 Å². The lowest BCUT2D eigenvalue weighted by Crippen LogP contribution is -2.36. The number of carbonyl (C=O) groups excluding carboxylic acids is 2. The Morgan fingerprint density at radius 2 is 1.59 bits per heavy atom. The van der Waals surface area contributed by atoms with E-state index in [2.05, 4.69) is 6.58 Å². The molecule has 0 saturated heterocycles. The van der Waals surface area contributed by atoms with Crippen LogP contribution in [0, 0.1) is 5.41 Å². The van der Waals surface area contributed by atoms with E-state index in [9.17, 15) is 19.8 Å². The first-order valence-electron chi connectivity index (χ1n) is 8.82. The molecule has 1 unspecified atom stereocenters. The second kappa shape index (κ2) is 9.04. The van der Waals surface area contributed by atoms with E-state index in [4.69, 9.17) is 9.47 Å². The fourth-order valence-electron chi connectivity index (χ4n) is 2.90. The number of aliphatic hydroxyl groups is 1. The molecule has 0 aliphatic carbocycles. The largest absolute Gasteiger partial charge is 0.508 e. The summed E-state index contributed by atoms with van der Waals surface area (Å²) in [7, 11) is 0. The third kappa shape index (κ3) is 7.06. The van der Waals surface area contributed by atoms with Crippen molar-refractivity contribution < 1.29 is 29.3 Å². The molecule has 1 atom stereocenters. The number of rotatable bonds is 9. The lowest BCUT2D eigenvalue weighted by Gasteiger charge is -2.34. The van der Waals surface area contributed by atoms with Gasteiger partial charge in [-0.2, -0.15) is 0 Å². The predicted molar refractivity (Wildman–Crippen MR) is 102 cm³/mol. The van der Waals surface area contributed by atoms with Gasteiger partial charge in [0, 0.05) is 5.57 Å². The lowest BCUT2D eigenvalue weighted by atomic mass is 9.71. The molecular weight excluding hydrogens is 348 g/mol. The van der Waals surface area contributed by atoms with Crippen LogP contribution in [0.15, 0.2) is 36.4 Å². The molecule has 0 aromatic heterocycles. The molecule has 0 aliphatic rings. The number of esters is 2. The van der Waals surface area contributed by atoms with Crippen LogP contribution in [-0.2, 0) is 24.5 Å². The van der Waals surface area contributed by atoms with E-state index >= 15 is 0 Å². The van der Waals surface area contributed by atoms with Crippen molar-refractivity contribution in [1.29, 1.82) is 0 Å². The number of ether oxygens (including phenoxy) is 2. The number of benzene rings is 1. The summed E-state index contributed by atoms with van der Waals surface area (Å²) >= 11 is 0. The van der Waals surface area contributed by atoms with Gasteiger partial charge in [0.2, 0.25) is 0 Å². The minimum Gasteiger partial charge on any atom is -0.508 e. The van der Waals surface area contributed by atoms with Crippen LogP contribution in [0.5, 0.6) is 5.75 Å². The Labute approximate surface area is 160 Å². The van der Waals surface area contributed by atoms with Crippen molar-refractivity contribution in [3.05, 3.63) is 42.0 Å². The van der Waals surface area contributed by atoms with E-state index in [1.807, 2.05) is 26.0 Å². The number of phenols is 1. The third-order valence-corrected chi connectivity index (χ3v) is 4.25. The molecule has 0 bridgehead atoms. The van der Waals surface area contributed by atoms with Gasteiger partial charge in [0.05, 0.1) is 5.41 Å². The van der Waals surface area contributed by atoms with Crippen molar-refractivity contribution in [2.45, 2.75) is 52.6 Å². The van der Waals surface area contributed by atoms with Crippen LogP contribution < -0.4 is 0 Å². The van der Waals surface area contributed by atoms with Crippen LogP contribution in [0.4, 0.5) is 0 Å². The molecular formula is C21H30O6. The number of carbonyl (C=O) groups is 2. The van der Waals surface area contributed by atoms with Gasteiger partial charge in [0.1, 0.15) is 25.1 Å². The lowest BCUT2D eigenvalue weighted by molar-refractivity contribution is -0.160. The first kappa shape index (κ1) is 22.7. The van der Waals surface area contributed by atoms with Gasteiger partial charge < -0.3 is 19.7 Å². The highest BCUT2D eigenvalue weighted by Gasteiger charge is 2.37. The summed E-state index contributed by atoms with van der Waals surface area (Å²) in [5.41, 5.74) is 0.103. The molecule has 0 spiro atoms. The molecule has 0 heterocycles. The normalized spacial score (nSPS) is 13.0. The zero-order valence-electron chi connectivity index (χ0n) is 16.7. The predicted octanol–water partition coefficient (Wildman–Crippen LogP) is 3.11. The zero-order chi connectivity index (χ0) is 20.8. The Hall–Kier alpha value is -2.34. The third-order valence-electron chi connectivity index (χ3n) is 4.25. The van der Waals surface area contributed by atoms with Gasteiger partial charge in [-0.1, -0.05) is 32.6 Å². The van der Waals surface area contributed by atoms with Gasteiger partial charge in [-0.15, -0.1) is 0 Å². The minimum atomic E-state index is -1.10. The molecule has 2 N–H and O–H groups in total. The Kier molecular flexibility index (Phi) is 7.60. The Morgan fingerprint density at radius 3 is 2.11 bits per heavy atom. The maximum atomic E-state index is 12.5. The smallest absolute Gasteiger partial charge is 0.333 e. The molecule has 0 aliphatic heterocycles. The molecule has 1 aromatic rings. The van der Waals surface area contributed by atoms with Gasteiger partial charge in [-0.25, -0.2) is 4.79 Å². The number of phenolic OH excluding ortho intramolecular Hbond substituents is 1. The molecule has 0 amide bonds. The van der Waals surface area contributed by atoms with E-state index in [-0.39, 0.29) is 30.0 Å². The van der Waals surface area contributed by atoms with Crippen LogP contribution in [0.25, 0.3) is 0 Å². The highest BCUT2D eigenvalue weighted by molar-refractivity contribution is 5.86. The zero-order valence-corrected chi connectivity index (χ0v) is 16.7. The van der Waals surface area contributed by atoms with Crippen molar-refractivity contribution in [2.24, 2.45) is 5.41 Å². The van der Waals surface area contributed by atoms with Gasteiger partial charge in [-0.3, -0.25) is 4.79 Å². The first-order chi connectivity index (χ1) is 12.3. The topological polar surface area (TPSA) is 93.1 Å². The quantitative estimate of drug-likeness (QED) is 0.507. The molecule has 1 rings (SSSR count). The highest BCUT2D eigenvalue weighted by Crippen LogP contribution is 2.37. The second-order valence-corrected chi connectivity index (χ2v) is 8.12. The highest BCUT2D eigenvalue weighted by atomic mass is 16.6. The molecule has 6 nitrogen and oxygen atoms in total. The molecule has 0 saturated carbocycles. The van der Waals surface area contributed by atoms with Gasteiger partial charge >= 0.3 is 11.9 Å². The monoisotopic (exact) mass is 378 g/mol. The minimum absolute atomic E-state index is 0.189. The van der Waals surface area contributed by atoms with Crippen LogP contribution in [0.2, 0.25) is 0 Å². The summed E-state index contributed by atoms with van der Waals surface area (Å²) in [5.74, 6) is -0.856. The summed E-state index contributed by atoms with van der Waals surface area (Å²) in [6.45, 7) is 12.0. The Morgan fingerprint density at radius 1 is 1.07 bits per heavy atom. The SMILES string of the molecule is C=C(C)C(=O)OCC(O)COC(=O)C(C)(C)CC(C)(C)c1ccc(O)cc1. The Balaban J connectivity index is 2.60. The molecule has 0 fully saturated rings. The molecule has 0 radical (unpaired) electrons. The van der Waals surface area contributed by atoms with Gasteiger partial charge in [0.15, 0.2) is 0 Å². The van der Waals surface area contributed by atoms with Crippen LogP contribution in [0.1, 0.15) is 46.6 Å². The van der Waals surface area contributed by atoms with E-state index < -0.39 is 23.5 Å². The van der Waals surface area contributed by atoms with E-state index in [1.54, 1.807) is 26.0 Å². The maximum Gasteiger partial charge on any atom is 0.333 e. The van der Waals surface area contributed by atoms with E-state index in [1.165, 1.54) is 6.92 Å². The van der Waals surface area contributed by atoms with Gasteiger partial charge in [0.25, 0.3) is 0 Å². The standard InChI is InChI=1S/C21H30O6/c1-14(2)18(24)26-11-17(23)12-27-19(25)21(5,6)13-20(3,4)15-7-9-16(22)10-8-15/h7-10,17,22-23H,1,11-13H2,2-6H3. The molecule has 150 valence electrons. The molecule has 1 aromatic carbocycles. The molecule has 6 heteroatoms. The maximum absolute atomic E-state index is 12.5.